The first kappa shape index (κ1) is 16.7. The molecule has 1 N–H and O–H groups in total. The smallest absolute Gasteiger partial charge is 0.243 e. The maximum atomic E-state index is 12.5. The van der Waals surface area contributed by atoms with Crippen LogP contribution in [0.15, 0.2) is 23.1 Å². The van der Waals surface area contributed by atoms with Crippen molar-refractivity contribution in [2.75, 3.05) is 13.1 Å². The van der Waals surface area contributed by atoms with Gasteiger partial charge in [-0.3, -0.25) is 0 Å². The van der Waals surface area contributed by atoms with Gasteiger partial charge in [0.2, 0.25) is 10.0 Å². The van der Waals surface area contributed by atoms with Gasteiger partial charge in [0.05, 0.1) is 4.90 Å². The number of halogens is 1. The lowest BCUT2D eigenvalue weighted by molar-refractivity contribution is 0.427. The van der Waals surface area contributed by atoms with Crippen LogP contribution < -0.4 is 5.32 Å². The van der Waals surface area contributed by atoms with E-state index in [-0.39, 0.29) is 4.90 Å². The predicted molar refractivity (Wildman–Crippen MR) is 86.0 cm³/mol. The summed E-state index contributed by atoms with van der Waals surface area (Å²) in [4.78, 5) is 0.276. The van der Waals surface area contributed by atoms with Gasteiger partial charge in [-0.05, 0) is 37.0 Å². The fraction of sp³-hybridized carbons (Fsp3) is 0.600. The molecule has 1 aromatic carbocycles. The SMILES string of the molecule is CCCN(CC)S(=O)(=O)c1ccc(CNC2CC2)c(Cl)c1. The third-order valence-electron chi connectivity index (χ3n) is 3.65. The largest absolute Gasteiger partial charge is 0.310 e. The first-order valence-electron chi connectivity index (χ1n) is 7.51. The summed E-state index contributed by atoms with van der Waals surface area (Å²) in [6.45, 7) is 5.51. The average Bonchev–Trinajstić information content (AvgIpc) is 3.27. The monoisotopic (exact) mass is 330 g/mol. The van der Waals surface area contributed by atoms with E-state index < -0.39 is 10.0 Å². The minimum absolute atomic E-state index is 0.276. The number of nitrogens with one attached hydrogen (secondary N) is 1. The van der Waals surface area contributed by atoms with Gasteiger partial charge in [-0.25, -0.2) is 8.42 Å². The lowest BCUT2D eigenvalue weighted by Crippen LogP contribution is -2.31. The molecule has 0 atom stereocenters. The van der Waals surface area contributed by atoms with Crippen LogP contribution in [0.1, 0.15) is 38.7 Å². The molecule has 118 valence electrons. The maximum absolute atomic E-state index is 12.5. The van der Waals surface area contributed by atoms with E-state index in [9.17, 15) is 8.42 Å². The summed E-state index contributed by atoms with van der Waals surface area (Å²) in [7, 11) is -3.44. The Morgan fingerprint density at radius 3 is 2.57 bits per heavy atom. The third-order valence-corrected chi connectivity index (χ3v) is 5.97. The van der Waals surface area contributed by atoms with Crippen molar-refractivity contribution >= 4 is 21.6 Å². The second-order valence-electron chi connectivity index (χ2n) is 5.41. The molecule has 0 spiro atoms. The molecule has 0 radical (unpaired) electrons. The van der Waals surface area contributed by atoms with Gasteiger partial charge in [-0.1, -0.05) is 31.5 Å². The highest BCUT2D eigenvalue weighted by Crippen LogP contribution is 2.25. The molecule has 0 amide bonds. The highest BCUT2D eigenvalue weighted by molar-refractivity contribution is 7.89. The molecule has 0 bridgehead atoms. The second-order valence-corrected chi connectivity index (χ2v) is 7.75. The molecule has 0 aromatic heterocycles. The van der Waals surface area contributed by atoms with E-state index in [4.69, 9.17) is 11.6 Å². The zero-order valence-electron chi connectivity index (χ0n) is 12.6. The fourth-order valence-corrected chi connectivity index (χ4v) is 4.10. The Hall–Kier alpha value is -0.620. The number of hydrogen-bond donors (Lipinski definition) is 1. The van der Waals surface area contributed by atoms with E-state index in [0.717, 1.165) is 12.0 Å². The van der Waals surface area contributed by atoms with E-state index in [0.29, 0.717) is 30.7 Å². The molecule has 1 saturated carbocycles. The molecule has 1 aromatic rings. The molecule has 0 saturated heterocycles. The van der Waals surface area contributed by atoms with Gasteiger partial charge in [0.15, 0.2) is 0 Å². The number of nitrogens with zero attached hydrogens (tertiary/aromatic N) is 1. The number of sulfonamides is 1. The average molecular weight is 331 g/mol. The van der Waals surface area contributed by atoms with Gasteiger partial charge in [0.1, 0.15) is 0 Å². The minimum Gasteiger partial charge on any atom is -0.310 e. The summed E-state index contributed by atoms with van der Waals surface area (Å²) < 4.78 is 26.6. The summed E-state index contributed by atoms with van der Waals surface area (Å²) in [5.74, 6) is 0. The Bertz CT molecular complexity index is 585. The molecule has 1 aliphatic carbocycles. The van der Waals surface area contributed by atoms with Gasteiger partial charge in [0, 0.05) is 30.7 Å². The van der Waals surface area contributed by atoms with Crippen molar-refractivity contribution in [1.29, 1.82) is 0 Å². The van der Waals surface area contributed by atoms with Crippen LogP contribution in [0.3, 0.4) is 0 Å². The van der Waals surface area contributed by atoms with E-state index in [1.807, 2.05) is 19.9 Å². The van der Waals surface area contributed by atoms with Crippen molar-refractivity contribution in [3.63, 3.8) is 0 Å². The van der Waals surface area contributed by atoms with Gasteiger partial charge in [-0.2, -0.15) is 4.31 Å². The van der Waals surface area contributed by atoms with Gasteiger partial charge in [-0.15, -0.1) is 0 Å². The Morgan fingerprint density at radius 1 is 1.33 bits per heavy atom. The topological polar surface area (TPSA) is 49.4 Å². The Labute approximate surface area is 132 Å². The van der Waals surface area contributed by atoms with Crippen LogP contribution >= 0.6 is 11.6 Å². The maximum Gasteiger partial charge on any atom is 0.243 e. The minimum atomic E-state index is -3.44. The summed E-state index contributed by atoms with van der Waals surface area (Å²) in [6.07, 6.45) is 3.23. The predicted octanol–water partition coefficient (Wildman–Crippen LogP) is 3.01. The molecule has 0 aliphatic heterocycles. The van der Waals surface area contributed by atoms with Crippen LogP contribution in [-0.4, -0.2) is 31.9 Å². The van der Waals surface area contributed by atoms with E-state index in [2.05, 4.69) is 5.32 Å². The molecule has 6 heteroatoms. The van der Waals surface area contributed by atoms with Crippen LogP contribution in [0.4, 0.5) is 0 Å². The van der Waals surface area contributed by atoms with Gasteiger partial charge >= 0.3 is 0 Å². The molecule has 1 fully saturated rings. The van der Waals surface area contributed by atoms with E-state index in [1.54, 1.807) is 12.1 Å². The van der Waals surface area contributed by atoms with Crippen molar-refractivity contribution in [1.82, 2.24) is 9.62 Å². The van der Waals surface area contributed by atoms with Crippen molar-refractivity contribution in [2.24, 2.45) is 0 Å². The normalized spacial score (nSPS) is 15.6. The number of rotatable bonds is 8. The fourth-order valence-electron chi connectivity index (χ4n) is 2.22. The molecule has 0 unspecified atom stereocenters. The zero-order chi connectivity index (χ0) is 15.5. The number of benzene rings is 1. The van der Waals surface area contributed by atoms with Gasteiger partial charge < -0.3 is 5.32 Å². The summed E-state index contributed by atoms with van der Waals surface area (Å²) in [6, 6.07) is 5.64. The Morgan fingerprint density at radius 2 is 2.05 bits per heavy atom. The van der Waals surface area contributed by atoms with E-state index in [1.165, 1.54) is 17.1 Å². The molecule has 0 heterocycles. The third kappa shape index (κ3) is 4.19. The lowest BCUT2D eigenvalue weighted by Gasteiger charge is -2.20. The molecule has 4 nitrogen and oxygen atoms in total. The van der Waals surface area contributed by atoms with Gasteiger partial charge in [0.25, 0.3) is 0 Å². The van der Waals surface area contributed by atoms with Crippen molar-refractivity contribution < 1.29 is 8.42 Å². The first-order chi connectivity index (χ1) is 9.98. The zero-order valence-corrected chi connectivity index (χ0v) is 14.2. The number of hydrogen-bond acceptors (Lipinski definition) is 3. The Kier molecular flexibility index (Phi) is 5.66. The standard InChI is InChI=1S/C15H23ClN2O2S/c1-3-9-18(4-2)21(19,20)14-8-5-12(15(16)10-14)11-17-13-6-7-13/h5,8,10,13,17H,3-4,6-7,9,11H2,1-2H3. The molecule has 2 rings (SSSR count). The van der Waals surface area contributed by atoms with Crippen molar-refractivity contribution in [3.8, 4) is 0 Å². The van der Waals surface area contributed by atoms with Crippen LogP contribution in [0.5, 0.6) is 0 Å². The molecule has 1 aliphatic rings. The van der Waals surface area contributed by atoms with E-state index >= 15 is 0 Å². The second kappa shape index (κ2) is 7.09. The lowest BCUT2D eigenvalue weighted by atomic mass is 10.2. The highest BCUT2D eigenvalue weighted by atomic mass is 35.5. The summed E-state index contributed by atoms with van der Waals surface area (Å²) in [5.41, 5.74) is 0.945. The summed E-state index contributed by atoms with van der Waals surface area (Å²) >= 11 is 6.24. The molecular formula is C15H23ClN2O2S. The summed E-state index contributed by atoms with van der Waals surface area (Å²) in [5, 5.41) is 3.89. The first-order valence-corrected chi connectivity index (χ1v) is 9.32. The van der Waals surface area contributed by atoms with Crippen LogP contribution in [0.25, 0.3) is 0 Å². The van der Waals surface area contributed by atoms with Crippen molar-refractivity contribution in [2.45, 2.75) is 50.6 Å². The molecular weight excluding hydrogens is 308 g/mol. The highest BCUT2D eigenvalue weighted by Gasteiger charge is 2.24. The van der Waals surface area contributed by atoms with Crippen LogP contribution in [0, 0.1) is 0 Å². The Balaban J connectivity index is 2.17. The van der Waals surface area contributed by atoms with Crippen LogP contribution in [-0.2, 0) is 16.6 Å². The van der Waals surface area contributed by atoms with Crippen molar-refractivity contribution in [3.05, 3.63) is 28.8 Å². The van der Waals surface area contributed by atoms with Crippen LogP contribution in [0.2, 0.25) is 5.02 Å². The molecule has 21 heavy (non-hydrogen) atoms. The quantitative estimate of drug-likeness (QED) is 0.797.